The highest BCUT2D eigenvalue weighted by Crippen LogP contribution is 2.14. The molecule has 0 heterocycles. The third-order valence-corrected chi connectivity index (χ3v) is 1.87. The highest BCUT2D eigenvalue weighted by molar-refractivity contribution is 5.88. The molecule has 1 aromatic rings. The zero-order chi connectivity index (χ0) is 10.6. The zero-order valence-corrected chi connectivity index (χ0v) is 8.54. The first-order valence-corrected chi connectivity index (χ1v) is 4.60. The van der Waals surface area contributed by atoms with Crippen LogP contribution in [0, 0.1) is 0 Å². The molecule has 0 amide bonds. The molecule has 0 atom stereocenters. The van der Waals surface area contributed by atoms with Gasteiger partial charge in [0.25, 0.3) is 0 Å². The van der Waals surface area contributed by atoms with Crippen LogP contribution in [0.4, 0.5) is 0 Å². The lowest BCUT2D eigenvalue weighted by Crippen LogP contribution is -2.08. The van der Waals surface area contributed by atoms with E-state index in [9.17, 15) is 4.79 Å². The van der Waals surface area contributed by atoms with E-state index in [1.54, 1.807) is 13.0 Å². The van der Waals surface area contributed by atoms with Crippen molar-refractivity contribution in [3.05, 3.63) is 42.0 Å². The summed E-state index contributed by atoms with van der Waals surface area (Å²) in [7, 11) is 0. The molecule has 0 aromatic heterocycles. The summed E-state index contributed by atoms with van der Waals surface area (Å²) >= 11 is 0. The summed E-state index contributed by atoms with van der Waals surface area (Å²) in [5.74, 6) is 0.204. The van der Waals surface area contributed by atoms with Crippen molar-refractivity contribution in [2.24, 2.45) is 0 Å². The Labute approximate surface area is 84.2 Å². The van der Waals surface area contributed by atoms with E-state index >= 15 is 0 Å². The Morgan fingerprint density at radius 1 is 1.50 bits per heavy atom. The molecule has 0 aliphatic rings. The van der Waals surface area contributed by atoms with Crippen molar-refractivity contribution in [2.45, 2.75) is 20.3 Å². The third-order valence-electron chi connectivity index (χ3n) is 1.87. The molecule has 0 unspecified atom stereocenters. The Morgan fingerprint density at radius 3 is 2.79 bits per heavy atom. The summed E-state index contributed by atoms with van der Waals surface area (Å²) in [6, 6.07) is 7.50. The molecular formula is C12H14O2. The smallest absolute Gasteiger partial charge is 0.338 e. The maximum Gasteiger partial charge on any atom is 0.338 e. The van der Waals surface area contributed by atoms with Crippen LogP contribution >= 0.6 is 0 Å². The van der Waals surface area contributed by atoms with Crippen LogP contribution in [0.25, 0.3) is 0 Å². The number of carbonyl (C=O) groups is 1. The molecule has 2 heteroatoms. The second kappa shape index (κ2) is 4.61. The summed E-state index contributed by atoms with van der Waals surface area (Å²) in [6.45, 7) is 7.21. The molecule has 0 saturated carbocycles. The van der Waals surface area contributed by atoms with Crippen molar-refractivity contribution in [3.63, 3.8) is 0 Å². The van der Waals surface area contributed by atoms with Crippen LogP contribution in [0.15, 0.2) is 36.4 Å². The quantitative estimate of drug-likeness (QED) is 0.416. The van der Waals surface area contributed by atoms with E-state index in [2.05, 4.69) is 13.5 Å². The van der Waals surface area contributed by atoms with Crippen LogP contribution in [-0.4, -0.2) is 5.97 Å². The van der Waals surface area contributed by atoms with Crippen molar-refractivity contribution in [3.8, 4) is 5.75 Å². The van der Waals surface area contributed by atoms with Gasteiger partial charge in [-0.15, -0.1) is 0 Å². The molecule has 1 rings (SSSR count). The molecule has 0 bridgehead atoms. The fourth-order valence-electron chi connectivity index (χ4n) is 1.02. The Hall–Kier alpha value is -1.57. The van der Waals surface area contributed by atoms with Crippen LogP contribution in [0.3, 0.4) is 0 Å². The van der Waals surface area contributed by atoms with Crippen LogP contribution in [0.2, 0.25) is 0 Å². The number of carbonyl (C=O) groups excluding carboxylic acids is 1. The van der Waals surface area contributed by atoms with Crippen molar-refractivity contribution < 1.29 is 9.53 Å². The third kappa shape index (κ3) is 2.73. The molecule has 14 heavy (non-hydrogen) atoms. The molecule has 1 aromatic carbocycles. The van der Waals surface area contributed by atoms with Crippen molar-refractivity contribution in [1.29, 1.82) is 0 Å². The molecule has 2 nitrogen and oxygen atoms in total. The lowest BCUT2D eigenvalue weighted by atomic mass is 10.2. The van der Waals surface area contributed by atoms with Gasteiger partial charge in [-0.3, -0.25) is 0 Å². The van der Waals surface area contributed by atoms with Gasteiger partial charge in [0.05, 0.1) is 0 Å². The van der Waals surface area contributed by atoms with E-state index in [-0.39, 0.29) is 5.97 Å². The average molecular weight is 190 g/mol. The summed E-state index contributed by atoms with van der Waals surface area (Å²) < 4.78 is 5.08. The molecule has 0 fully saturated rings. The number of aryl methyl sites for hydroxylation is 1. The Balaban J connectivity index is 2.76. The van der Waals surface area contributed by atoms with Crippen molar-refractivity contribution in [2.75, 3.05) is 0 Å². The van der Waals surface area contributed by atoms with Gasteiger partial charge in [-0.2, -0.15) is 0 Å². The minimum Gasteiger partial charge on any atom is -0.423 e. The zero-order valence-electron chi connectivity index (χ0n) is 8.54. The van der Waals surface area contributed by atoms with Crippen LogP contribution in [-0.2, 0) is 11.2 Å². The molecular weight excluding hydrogens is 176 g/mol. The standard InChI is InChI=1S/C12H14O2/c1-4-10-6-5-7-11(8-10)14-12(13)9(2)3/h5-8H,2,4H2,1,3H3. The van der Waals surface area contributed by atoms with Crippen LogP contribution in [0.1, 0.15) is 19.4 Å². The van der Waals surface area contributed by atoms with E-state index in [4.69, 9.17) is 4.74 Å². The molecule has 0 aliphatic carbocycles. The molecule has 0 saturated heterocycles. The lowest BCUT2D eigenvalue weighted by molar-refractivity contribution is -0.130. The summed E-state index contributed by atoms with van der Waals surface area (Å²) in [6.07, 6.45) is 0.929. The van der Waals surface area contributed by atoms with Gasteiger partial charge < -0.3 is 4.74 Å². The largest absolute Gasteiger partial charge is 0.423 e. The first kappa shape index (κ1) is 10.5. The Kier molecular flexibility index (Phi) is 3.46. The maximum absolute atomic E-state index is 11.2. The highest BCUT2D eigenvalue weighted by Gasteiger charge is 2.04. The number of hydrogen-bond donors (Lipinski definition) is 0. The second-order valence-corrected chi connectivity index (χ2v) is 3.17. The monoisotopic (exact) mass is 190 g/mol. The predicted octanol–water partition coefficient (Wildman–Crippen LogP) is 2.73. The minimum absolute atomic E-state index is 0.377. The van der Waals surface area contributed by atoms with E-state index in [1.165, 1.54) is 0 Å². The molecule has 74 valence electrons. The fourth-order valence-corrected chi connectivity index (χ4v) is 1.02. The van der Waals surface area contributed by atoms with Crippen LogP contribution < -0.4 is 4.74 Å². The average Bonchev–Trinajstić information content (AvgIpc) is 2.18. The van der Waals surface area contributed by atoms with E-state index < -0.39 is 0 Å². The second-order valence-electron chi connectivity index (χ2n) is 3.17. The first-order chi connectivity index (χ1) is 6.63. The molecule has 0 N–H and O–H groups in total. The molecule has 0 aliphatic heterocycles. The lowest BCUT2D eigenvalue weighted by Gasteiger charge is -2.04. The maximum atomic E-state index is 11.2. The van der Waals surface area contributed by atoms with Gasteiger partial charge in [-0.05, 0) is 31.0 Å². The highest BCUT2D eigenvalue weighted by atomic mass is 16.5. The summed E-state index contributed by atoms with van der Waals surface area (Å²) in [4.78, 5) is 11.2. The van der Waals surface area contributed by atoms with Gasteiger partial charge in [0.1, 0.15) is 5.75 Å². The number of esters is 1. The van der Waals surface area contributed by atoms with Gasteiger partial charge in [-0.1, -0.05) is 25.6 Å². The van der Waals surface area contributed by atoms with Crippen molar-refractivity contribution >= 4 is 5.97 Å². The van der Waals surface area contributed by atoms with Gasteiger partial charge in [0, 0.05) is 5.57 Å². The Morgan fingerprint density at radius 2 is 2.21 bits per heavy atom. The first-order valence-electron chi connectivity index (χ1n) is 4.60. The summed E-state index contributed by atoms with van der Waals surface area (Å²) in [5.41, 5.74) is 1.56. The predicted molar refractivity (Wildman–Crippen MR) is 56.3 cm³/mol. The minimum atomic E-state index is -0.377. The number of benzene rings is 1. The topological polar surface area (TPSA) is 26.3 Å². The molecule has 0 spiro atoms. The van der Waals surface area contributed by atoms with Gasteiger partial charge >= 0.3 is 5.97 Å². The SMILES string of the molecule is C=C(C)C(=O)Oc1cccc(CC)c1. The van der Waals surface area contributed by atoms with E-state index in [1.807, 2.05) is 18.2 Å². The van der Waals surface area contributed by atoms with E-state index in [0.717, 1.165) is 12.0 Å². The van der Waals surface area contributed by atoms with Gasteiger partial charge in [0.2, 0.25) is 0 Å². The summed E-state index contributed by atoms with van der Waals surface area (Å²) in [5, 5.41) is 0. The normalized spacial score (nSPS) is 9.57. The van der Waals surface area contributed by atoms with E-state index in [0.29, 0.717) is 11.3 Å². The van der Waals surface area contributed by atoms with Gasteiger partial charge in [-0.25, -0.2) is 4.79 Å². The molecule has 0 radical (unpaired) electrons. The van der Waals surface area contributed by atoms with Gasteiger partial charge in [0.15, 0.2) is 0 Å². The number of rotatable bonds is 3. The number of hydrogen-bond acceptors (Lipinski definition) is 2. The number of ether oxygens (including phenoxy) is 1. The van der Waals surface area contributed by atoms with Crippen LogP contribution in [0.5, 0.6) is 5.75 Å². The fraction of sp³-hybridized carbons (Fsp3) is 0.250. The van der Waals surface area contributed by atoms with Crippen molar-refractivity contribution in [1.82, 2.24) is 0 Å². The Bertz CT molecular complexity index is 353.